The number of nitrogens with two attached hydrogens (primary N) is 1. The number of hydrogen-bond acceptors (Lipinski definition) is 8. The highest BCUT2D eigenvalue weighted by Gasteiger charge is 2.51. The Hall–Kier alpha value is -3.12. The van der Waals surface area contributed by atoms with E-state index in [1.54, 1.807) is 56.4 Å². The second kappa shape index (κ2) is 7.48. The van der Waals surface area contributed by atoms with E-state index in [0.717, 1.165) is 6.26 Å². The number of aliphatic hydroxyl groups is 2. The molecule has 1 aliphatic heterocycles. The molecule has 32 heavy (non-hydrogen) atoms. The molecule has 0 saturated carbocycles. The first kappa shape index (κ1) is 22.1. The minimum Gasteiger partial charge on any atom is -0.385 e. The van der Waals surface area contributed by atoms with Crippen molar-refractivity contribution in [3.05, 3.63) is 42.6 Å². The topological polar surface area (TPSA) is 151 Å². The highest BCUT2D eigenvalue weighted by molar-refractivity contribution is 7.92. The fourth-order valence-electron chi connectivity index (χ4n) is 4.20. The standard InChI is InChI=1S/C21H25N6O4S/c1-21(2,29)12-27(14-7-4-6-13(10-14)26-32(3,30)31)16(11-28)25-18-19(27)17-15(24-20(18)22)8-5-9-23-17/h4-10,26,28-29H,11-12H2,1-3H3,(H2,22,24)/q+1. The van der Waals surface area contributed by atoms with E-state index in [1.807, 2.05) is 0 Å². The van der Waals surface area contributed by atoms with Crippen molar-refractivity contribution < 1.29 is 18.6 Å². The quantitative estimate of drug-likeness (QED) is 0.413. The van der Waals surface area contributed by atoms with Gasteiger partial charge in [-0.25, -0.2) is 22.9 Å². The van der Waals surface area contributed by atoms with Gasteiger partial charge in [-0.2, -0.15) is 4.99 Å². The van der Waals surface area contributed by atoms with Crippen LogP contribution in [0, 0.1) is 0 Å². The zero-order valence-electron chi connectivity index (χ0n) is 17.9. The number of fused-ring (bicyclic) bond motifs is 3. The Balaban J connectivity index is 2.10. The van der Waals surface area contributed by atoms with E-state index in [9.17, 15) is 18.6 Å². The summed E-state index contributed by atoms with van der Waals surface area (Å²) in [5.74, 6) is 0.484. The van der Waals surface area contributed by atoms with Crippen molar-refractivity contribution in [3.8, 4) is 0 Å². The molecular formula is C21H25N6O4S+. The summed E-state index contributed by atoms with van der Waals surface area (Å²) in [6, 6.07) is 10.3. The number of anilines is 2. The Morgan fingerprint density at radius 3 is 2.62 bits per heavy atom. The minimum atomic E-state index is -3.52. The van der Waals surface area contributed by atoms with Crippen LogP contribution in [0.2, 0.25) is 0 Å². The first-order valence-corrected chi connectivity index (χ1v) is 11.8. The van der Waals surface area contributed by atoms with Crippen molar-refractivity contribution in [2.75, 3.05) is 29.9 Å². The van der Waals surface area contributed by atoms with Gasteiger partial charge in [-0.3, -0.25) is 4.72 Å². The van der Waals surface area contributed by atoms with Crippen LogP contribution < -0.4 is 14.9 Å². The van der Waals surface area contributed by atoms with Gasteiger partial charge in [0.25, 0.3) is 0 Å². The summed E-state index contributed by atoms with van der Waals surface area (Å²) in [5, 5.41) is 21.2. The fraction of sp³-hybridized carbons (Fsp3) is 0.286. The van der Waals surface area contributed by atoms with Gasteiger partial charge < -0.3 is 15.9 Å². The highest BCUT2D eigenvalue weighted by Crippen LogP contribution is 2.52. The third-order valence-corrected chi connectivity index (χ3v) is 5.74. The number of aliphatic imine (C=N–C) groups is 1. The molecule has 11 heteroatoms. The predicted octanol–water partition coefficient (Wildman–Crippen LogP) is 2.03. The molecule has 0 radical (unpaired) electrons. The van der Waals surface area contributed by atoms with Crippen molar-refractivity contribution >= 4 is 55.5 Å². The molecule has 0 fully saturated rings. The molecule has 3 heterocycles. The molecule has 1 unspecified atom stereocenters. The maximum Gasteiger partial charge on any atom is 0.240 e. The van der Waals surface area contributed by atoms with Gasteiger partial charge >= 0.3 is 0 Å². The van der Waals surface area contributed by atoms with Crippen molar-refractivity contribution in [1.29, 1.82) is 0 Å². The summed E-state index contributed by atoms with van der Waals surface area (Å²) in [7, 11) is -3.52. The second-order valence-corrected chi connectivity index (χ2v) is 10.2. The Bertz CT molecular complexity index is 1350. The number of aromatic nitrogens is 2. The molecule has 1 aromatic carbocycles. The summed E-state index contributed by atoms with van der Waals surface area (Å²) >= 11 is 0. The van der Waals surface area contributed by atoms with Gasteiger partial charge in [-0.05, 0) is 32.0 Å². The van der Waals surface area contributed by atoms with E-state index in [0.29, 0.717) is 39.6 Å². The van der Waals surface area contributed by atoms with Crippen LogP contribution in [0.25, 0.3) is 11.0 Å². The molecule has 0 bridgehead atoms. The molecule has 0 saturated heterocycles. The van der Waals surface area contributed by atoms with Crippen molar-refractivity contribution in [2.24, 2.45) is 4.99 Å². The molecular weight excluding hydrogens is 432 g/mol. The van der Waals surface area contributed by atoms with Gasteiger partial charge in [0.2, 0.25) is 21.5 Å². The van der Waals surface area contributed by atoms with Crippen molar-refractivity contribution in [1.82, 2.24) is 14.5 Å². The number of nitrogens with zero attached hydrogens (tertiary/aromatic N) is 4. The third kappa shape index (κ3) is 3.79. The molecule has 1 aliphatic rings. The first-order chi connectivity index (χ1) is 14.9. The maximum atomic E-state index is 11.8. The average Bonchev–Trinajstić information content (AvgIpc) is 3.01. The molecule has 10 nitrogen and oxygen atoms in total. The van der Waals surface area contributed by atoms with Gasteiger partial charge in [0.1, 0.15) is 24.4 Å². The molecule has 2 aromatic heterocycles. The lowest BCUT2D eigenvalue weighted by molar-refractivity contribution is 0.0668. The fourth-order valence-corrected chi connectivity index (χ4v) is 4.75. The lowest BCUT2D eigenvalue weighted by Gasteiger charge is -2.38. The zero-order chi connectivity index (χ0) is 23.3. The summed E-state index contributed by atoms with van der Waals surface area (Å²) in [4.78, 5) is 13.5. The summed E-state index contributed by atoms with van der Waals surface area (Å²) in [6.07, 6.45) is 2.69. The number of quaternary nitrogens is 1. The second-order valence-electron chi connectivity index (χ2n) is 8.46. The Morgan fingerprint density at radius 1 is 1.22 bits per heavy atom. The number of hydrogen-bond donors (Lipinski definition) is 4. The van der Waals surface area contributed by atoms with Crippen LogP contribution in [0.1, 0.15) is 13.8 Å². The van der Waals surface area contributed by atoms with Crippen LogP contribution in [-0.2, 0) is 10.0 Å². The van der Waals surface area contributed by atoms with Crippen LogP contribution in [0.4, 0.5) is 28.6 Å². The number of rotatable bonds is 6. The number of amidine groups is 1. The Kier molecular flexibility index (Phi) is 5.17. The summed E-state index contributed by atoms with van der Waals surface area (Å²) < 4.78 is 25.9. The number of sulfonamides is 1. The molecule has 0 aliphatic carbocycles. The third-order valence-electron chi connectivity index (χ3n) is 5.14. The number of nitrogens with one attached hydrogen (secondary N) is 1. The van der Waals surface area contributed by atoms with Crippen LogP contribution in [0.5, 0.6) is 0 Å². The van der Waals surface area contributed by atoms with E-state index in [4.69, 9.17) is 5.73 Å². The minimum absolute atomic E-state index is 0.0802. The zero-order valence-corrected chi connectivity index (χ0v) is 18.8. The van der Waals surface area contributed by atoms with Gasteiger partial charge in [0, 0.05) is 18.3 Å². The average molecular weight is 458 g/mol. The molecule has 4 rings (SSSR count). The molecule has 5 N–H and O–H groups in total. The lowest BCUT2D eigenvalue weighted by Crippen LogP contribution is -2.56. The number of aliphatic hydroxyl groups excluding tert-OH is 1. The van der Waals surface area contributed by atoms with E-state index >= 15 is 0 Å². The number of nitrogen functional groups attached to an aromatic ring is 1. The normalized spacial score (nSPS) is 18.5. The van der Waals surface area contributed by atoms with Gasteiger partial charge in [0.05, 0.1) is 17.5 Å². The monoisotopic (exact) mass is 457 g/mol. The van der Waals surface area contributed by atoms with Crippen molar-refractivity contribution in [3.63, 3.8) is 0 Å². The number of pyridine rings is 2. The van der Waals surface area contributed by atoms with Gasteiger partial charge in [-0.15, -0.1) is 0 Å². The van der Waals surface area contributed by atoms with Gasteiger partial charge in [0.15, 0.2) is 17.0 Å². The number of benzene rings is 1. The lowest BCUT2D eigenvalue weighted by atomic mass is 10.0. The van der Waals surface area contributed by atoms with Gasteiger partial charge in [-0.1, -0.05) is 6.07 Å². The molecule has 1 atom stereocenters. The van der Waals surface area contributed by atoms with E-state index in [1.165, 1.54) is 0 Å². The van der Waals surface area contributed by atoms with Crippen LogP contribution >= 0.6 is 0 Å². The highest BCUT2D eigenvalue weighted by atomic mass is 32.2. The SMILES string of the molecule is CC(C)(O)C[N+]1(c2cccc(NS(C)(=O)=O)c2)C(CO)=Nc2c(N)nc3cccnc3c21. The molecule has 0 amide bonds. The van der Waals surface area contributed by atoms with E-state index in [2.05, 4.69) is 19.7 Å². The summed E-state index contributed by atoms with van der Waals surface area (Å²) in [5.41, 5.74) is 7.94. The molecule has 0 spiro atoms. The molecule has 3 aromatic rings. The Morgan fingerprint density at radius 2 is 1.97 bits per heavy atom. The summed E-state index contributed by atoms with van der Waals surface area (Å²) in [6.45, 7) is 2.95. The molecule has 168 valence electrons. The predicted molar refractivity (Wildman–Crippen MR) is 126 cm³/mol. The van der Waals surface area contributed by atoms with E-state index < -0.39 is 22.2 Å². The first-order valence-electron chi connectivity index (χ1n) is 9.87. The van der Waals surface area contributed by atoms with Crippen LogP contribution in [0.15, 0.2) is 47.6 Å². The van der Waals surface area contributed by atoms with Crippen molar-refractivity contribution in [2.45, 2.75) is 19.4 Å². The maximum absolute atomic E-state index is 11.8. The van der Waals surface area contributed by atoms with E-state index in [-0.39, 0.29) is 16.8 Å². The largest absolute Gasteiger partial charge is 0.385 e. The van der Waals surface area contributed by atoms with Crippen LogP contribution in [0.3, 0.4) is 0 Å². The Labute approximate surface area is 185 Å². The smallest absolute Gasteiger partial charge is 0.240 e. The van der Waals surface area contributed by atoms with Crippen LogP contribution in [-0.4, -0.2) is 59.4 Å².